The maximum atomic E-state index is 12.2. The molecule has 21 heavy (non-hydrogen) atoms. The van der Waals surface area contributed by atoms with Crippen molar-refractivity contribution in [3.8, 4) is 0 Å². The number of nitrogens with zero attached hydrogens (tertiary/aromatic N) is 2. The van der Waals surface area contributed by atoms with Crippen molar-refractivity contribution in [2.24, 2.45) is 0 Å². The third-order valence-corrected chi connectivity index (χ3v) is 6.29. The van der Waals surface area contributed by atoms with Gasteiger partial charge in [-0.25, -0.2) is 13.1 Å². The Bertz CT molecular complexity index is 524. The van der Waals surface area contributed by atoms with Crippen LogP contribution < -0.4 is 10.0 Å². The van der Waals surface area contributed by atoms with Crippen molar-refractivity contribution in [1.82, 2.24) is 19.8 Å². The molecule has 1 unspecified atom stereocenters. The minimum Gasteiger partial charge on any atom is -0.320 e. The molecule has 2 rings (SSSR count). The number of sulfonamides is 1. The molecule has 0 saturated carbocycles. The highest BCUT2D eigenvalue weighted by Crippen LogP contribution is 2.24. The minimum absolute atomic E-state index is 0.257. The molecule has 1 fully saturated rings. The Balaban J connectivity index is 1.86. The summed E-state index contributed by atoms with van der Waals surface area (Å²) in [7, 11) is -1.54. The van der Waals surface area contributed by atoms with E-state index in [2.05, 4.69) is 15.1 Å². The highest BCUT2D eigenvalue weighted by atomic mass is 32.2. The van der Waals surface area contributed by atoms with Crippen LogP contribution in [-0.4, -0.2) is 49.3 Å². The maximum Gasteiger partial charge on any atom is 0.243 e. The van der Waals surface area contributed by atoms with E-state index in [0.29, 0.717) is 11.8 Å². The van der Waals surface area contributed by atoms with E-state index in [9.17, 15) is 8.42 Å². The van der Waals surface area contributed by atoms with Gasteiger partial charge in [-0.3, -0.25) is 4.68 Å². The van der Waals surface area contributed by atoms with Gasteiger partial charge in [0.2, 0.25) is 10.0 Å². The Morgan fingerprint density at radius 1 is 1.48 bits per heavy atom. The van der Waals surface area contributed by atoms with Crippen LogP contribution in [0.3, 0.4) is 0 Å². The van der Waals surface area contributed by atoms with Crippen LogP contribution >= 0.6 is 11.8 Å². The van der Waals surface area contributed by atoms with Crippen LogP contribution in [0.4, 0.5) is 0 Å². The lowest BCUT2D eigenvalue weighted by atomic mass is 10.2. The van der Waals surface area contributed by atoms with Crippen molar-refractivity contribution < 1.29 is 8.42 Å². The lowest BCUT2D eigenvalue weighted by molar-refractivity contribution is 0.559. The van der Waals surface area contributed by atoms with Gasteiger partial charge < -0.3 is 5.32 Å². The van der Waals surface area contributed by atoms with Crippen LogP contribution in [-0.2, 0) is 16.6 Å². The zero-order chi connectivity index (χ0) is 15.1. The molecule has 0 radical (unpaired) electrons. The summed E-state index contributed by atoms with van der Waals surface area (Å²) in [6.45, 7) is 2.12. The molecule has 1 saturated heterocycles. The highest BCUT2D eigenvalue weighted by molar-refractivity contribution is 8.00. The van der Waals surface area contributed by atoms with Crippen molar-refractivity contribution in [2.45, 2.75) is 42.4 Å². The van der Waals surface area contributed by atoms with Gasteiger partial charge in [0.05, 0.1) is 6.20 Å². The van der Waals surface area contributed by atoms with Crippen LogP contribution in [0.15, 0.2) is 17.3 Å². The van der Waals surface area contributed by atoms with Gasteiger partial charge in [0.25, 0.3) is 0 Å². The Morgan fingerprint density at radius 2 is 2.33 bits per heavy atom. The van der Waals surface area contributed by atoms with Crippen LogP contribution in [0.1, 0.15) is 25.7 Å². The van der Waals surface area contributed by atoms with Crippen LogP contribution in [0.2, 0.25) is 0 Å². The third kappa shape index (κ3) is 5.28. The smallest absolute Gasteiger partial charge is 0.243 e. The van der Waals surface area contributed by atoms with Gasteiger partial charge in [-0.15, -0.1) is 0 Å². The fraction of sp³-hybridized carbons (Fsp3) is 0.769. The molecule has 1 aliphatic rings. The lowest BCUT2D eigenvalue weighted by Gasteiger charge is -2.21. The van der Waals surface area contributed by atoms with E-state index in [1.165, 1.54) is 19.0 Å². The maximum absolute atomic E-state index is 12.2. The average molecular weight is 332 g/mol. The molecule has 0 spiro atoms. The van der Waals surface area contributed by atoms with Gasteiger partial charge in [-0.05, 0) is 38.6 Å². The SMILES string of the molecule is CNCCCn1cc(S(=O)(=O)NCC2CCCCS2)cn1. The zero-order valence-electron chi connectivity index (χ0n) is 12.4. The number of aromatic nitrogens is 2. The molecule has 1 aliphatic heterocycles. The lowest BCUT2D eigenvalue weighted by Crippen LogP contribution is -2.31. The summed E-state index contributed by atoms with van der Waals surface area (Å²) in [5, 5.41) is 7.57. The second-order valence-electron chi connectivity index (χ2n) is 5.24. The quantitative estimate of drug-likeness (QED) is 0.696. The molecule has 2 heterocycles. The van der Waals surface area contributed by atoms with Crippen molar-refractivity contribution in [2.75, 3.05) is 25.9 Å². The second-order valence-corrected chi connectivity index (χ2v) is 8.41. The van der Waals surface area contributed by atoms with Crippen LogP contribution in [0.5, 0.6) is 0 Å². The Morgan fingerprint density at radius 3 is 3.05 bits per heavy atom. The van der Waals surface area contributed by atoms with E-state index in [4.69, 9.17) is 0 Å². The largest absolute Gasteiger partial charge is 0.320 e. The molecule has 0 aliphatic carbocycles. The van der Waals surface area contributed by atoms with Gasteiger partial charge in [0.1, 0.15) is 4.90 Å². The average Bonchev–Trinajstić information content (AvgIpc) is 2.96. The first kappa shape index (κ1) is 16.8. The van der Waals surface area contributed by atoms with E-state index in [-0.39, 0.29) is 4.90 Å². The minimum atomic E-state index is -3.43. The van der Waals surface area contributed by atoms with Crippen molar-refractivity contribution >= 4 is 21.8 Å². The number of thioether (sulfide) groups is 1. The molecule has 2 N–H and O–H groups in total. The predicted octanol–water partition coefficient (Wildman–Crippen LogP) is 1.06. The van der Waals surface area contributed by atoms with Crippen molar-refractivity contribution in [3.05, 3.63) is 12.4 Å². The zero-order valence-corrected chi connectivity index (χ0v) is 14.0. The summed E-state index contributed by atoms with van der Waals surface area (Å²) in [5.74, 6) is 1.13. The topological polar surface area (TPSA) is 76.0 Å². The van der Waals surface area contributed by atoms with Gasteiger partial charge >= 0.3 is 0 Å². The Hall–Kier alpha value is -0.570. The molecule has 8 heteroatoms. The first-order chi connectivity index (χ1) is 10.1. The standard InChI is InChI=1S/C13H24N4O2S2/c1-14-6-4-7-17-11-13(10-15-17)21(18,19)16-9-12-5-2-3-8-20-12/h10-12,14,16H,2-9H2,1H3. The molecular weight excluding hydrogens is 308 g/mol. The molecule has 1 aromatic heterocycles. The summed E-state index contributed by atoms with van der Waals surface area (Å²) in [5.41, 5.74) is 0. The number of hydrogen-bond donors (Lipinski definition) is 2. The normalized spacial score (nSPS) is 19.8. The number of aryl methyl sites for hydroxylation is 1. The monoisotopic (exact) mass is 332 g/mol. The molecule has 0 amide bonds. The van der Waals surface area contributed by atoms with E-state index in [0.717, 1.165) is 31.7 Å². The van der Waals surface area contributed by atoms with E-state index in [1.54, 1.807) is 10.9 Å². The predicted molar refractivity (Wildman–Crippen MR) is 86.1 cm³/mol. The first-order valence-electron chi connectivity index (χ1n) is 7.40. The summed E-state index contributed by atoms with van der Waals surface area (Å²) < 4.78 is 28.9. The first-order valence-corrected chi connectivity index (χ1v) is 9.93. The van der Waals surface area contributed by atoms with E-state index >= 15 is 0 Å². The Labute approximate surface area is 131 Å². The van der Waals surface area contributed by atoms with Crippen molar-refractivity contribution in [1.29, 1.82) is 0 Å². The number of hydrogen-bond acceptors (Lipinski definition) is 5. The molecular formula is C13H24N4O2S2. The third-order valence-electron chi connectivity index (χ3n) is 3.51. The summed E-state index contributed by atoms with van der Waals surface area (Å²) in [6, 6.07) is 0. The fourth-order valence-corrected chi connectivity index (χ4v) is 4.66. The highest BCUT2D eigenvalue weighted by Gasteiger charge is 2.20. The number of nitrogens with one attached hydrogen (secondary N) is 2. The Kier molecular flexibility index (Phi) is 6.53. The molecule has 120 valence electrons. The van der Waals surface area contributed by atoms with E-state index in [1.807, 2.05) is 18.8 Å². The summed E-state index contributed by atoms with van der Waals surface area (Å²) in [4.78, 5) is 0.257. The molecule has 0 aromatic carbocycles. The van der Waals surface area contributed by atoms with Crippen LogP contribution in [0, 0.1) is 0 Å². The molecule has 1 aromatic rings. The van der Waals surface area contributed by atoms with Gasteiger partial charge in [0.15, 0.2) is 0 Å². The van der Waals surface area contributed by atoms with Gasteiger partial charge in [-0.2, -0.15) is 16.9 Å². The van der Waals surface area contributed by atoms with Gasteiger partial charge in [-0.1, -0.05) is 6.42 Å². The van der Waals surface area contributed by atoms with Crippen LogP contribution in [0.25, 0.3) is 0 Å². The second kappa shape index (κ2) is 8.17. The summed E-state index contributed by atoms with van der Waals surface area (Å²) >= 11 is 1.86. The summed E-state index contributed by atoms with van der Waals surface area (Å²) in [6.07, 6.45) is 7.48. The fourth-order valence-electron chi connectivity index (χ4n) is 2.28. The van der Waals surface area contributed by atoms with E-state index < -0.39 is 10.0 Å². The molecule has 1 atom stereocenters. The number of rotatable bonds is 8. The molecule has 6 nitrogen and oxygen atoms in total. The van der Waals surface area contributed by atoms with Crippen molar-refractivity contribution in [3.63, 3.8) is 0 Å². The molecule has 0 bridgehead atoms. The van der Waals surface area contributed by atoms with Gasteiger partial charge in [0, 0.05) is 24.5 Å².